The van der Waals surface area contributed by atoms with Gasteiger partial charge in [-0.3, -0.25) is 9.59 Å². The van der Waals surface area contributed by atoms with Crippen molar-refractivity contribution in [1.82, 2.24) is 19.9 Å². The zero-order valence-electron chi connectivity index (χ0n) is 22.5. The van der Waals surface area contributed by atoms with Crippen molar-refractivity contribution in [3.63, 3.8) is 0 Å². The average molecular weight is 541 g/mol. The van der Waals surface area contributed by atoms with Crippen LogP contribution in [-0.4, -0.2) is 45.9 Å². The van der Waals surface area contributed by atoms with Crippen molar-refractivity contribution >= 4 is 34.0 Å². The van der Waals surface area contributed by atoms with Crippen LogP contribution in [0.5, 0.6) is 0 Å². The van der Waals surface area contributed by atoms with Crippen LogP contribution in [0.25, 0.3) is 22.2 Å². The maximum atomic E-state index is 15.4. The minimum atomic E-state index is -0.506. The Kier molecular flexibility index (Phi) is 7.30. The summed E-state index contributed by atoms with van der Waals surface area (Å²) in [6, 6.07) is 12.0. The Bertz CT molecular complexity index is 1600. The number of carbonyl (C=O) groups is 1. The number of pyridine rings is 3. The van der Waals surface area contributed by atoms with Gasteiger partial charge < -0.3 is 20.5 Å². The maximum Gasteiger partial charge on any atom is 0.259 e. The molecule has 8 nitrogen and oxygen atoms in total. The molecule has 6 rings (SSSR count). The van der Waals surface area contributed by atoms with Gasteiger partial charge in [0.15, 0.2) is 0 Å². The molecule has 3 aromatic heterocycles. The average Bonchev–Trinajstić information content (AvgIpc) is 3.40. The van der Waals surface area contributed by atoms with Gasteiger partial charge in [-0.25, -0.2) is 14.4 Å². The number of aromatic nitrogens is 3. The molecular formula is C31H33FN6O2. The van der Waals surface area contributed by atoms with E-state index in [1.807, 2.05) is 12.3 Å². The molecule has 0 bridgehead atoms. The first-order chi connectivity index (χ1) is 19.4. The van der Waals surface area contributed by atoms with E-state index < -0.39 is 5.82 Å². The number of carbonyl (C=O) groups excluding carboxylic acids is 1. The summed E-state index contributed by atoms with van der Waals surface area (Å²) in [5.74, 6) is 0.458. The number of nitrogens with one attached hydrogen (secondary N) is 3. The number of aromatic amines is 1. The van der Waals surface area contributed by atoms with Gasteiger partial charge in [0.25, 0.3) is 5.56 Å². The first kappa shape index (κ1) is 26.1. The van der Waals surface area contributed by atoms with Gasteiger partial charge in [0, 0.05) is 36.1 Å². The largest absolute Gasteiger partial charge is 0.339 e. The highest BCUT2D eigenvalue weighted by atomic mass is 19.1. The third-order valence-electron chi connectivity index (χ3n) is 8.13. The first-order valence-corrected chi connectivity index (χ1v) is 14.0. The van der Waals surface area contributed by atoms with Crippen LogP contribution in [0.2, 0.25) is 0 Å². The molecule has 2 fully saturated rings. The molecule has 9 heteroatoms. The molecule has 0 spiro atoms. The fourth-order valence-electron chi connectivity index (χ4n) is 5.90. The molecule has 1 amide bonds. The summed E-state index contributed by atoms with van der Waals surface area (Å²) in [6.07, 6.45) is 9.51. The normalized spacial score (nSPS) is 18.2. The van der Waals surface area contributed by atoms with E-state index in [2.05, 4.69) is 43.6 Å². The van der Waals surface area contributed by atoms with E-state index in [0.717, 1.165) is 51.6 Å². The lowest BCUT2D eigenvalue weighted by Crippen LogP contribution is -2.24. The molecule has 1 aliphatic heterocycles. The van der Waals surface area contributed by atoms with Crippen molar-refractivity contribution in [3.8, 4) is 11.3 Å². The van der Waals surface area contributed by atoms with E-state index >= 15 is 4.39 Å². The molecule has 1 aromatic carbocycles. The summed E-state index contributed by atoms with van der Waals surface area (Å²) in [5, 5.41) is 6.50. The standard InChI is InChI=1S/C31H33FN6O2/c1-38-14-12-21(18-38)20-7-10-28(34-17-20)37-27-16-26(36-25-11-13-33-31(40)29(25)27)23-9-8-22(15-24(23)32)35-30(39)19-5-3-2-4-6-19/h7-11,13,15-17,19,21H,2-6,12,14,18H2,1H3,(H,33,40)(H,35,39)(H,34,36,37). The zero-order valence-corrected chi connectivity index (χ0v) is 22.5. The highest BCUT2D eigenvalue weighted by molar-refractivity contribution is 5.95. The summed E-state index contributed by atoms with van der Waals surface area (Å²) < 4.78 is 15.4. The second-order valence-electron chi connectivity index (χ2n) is 11.0. The van der Waals surface area contributed by atoms with E-state index in [9.17, 15) is 9.59 Å². The molecule has 4 aromatic rings. The van der Waals surface area contributed by atoms with Crippen LogP contribution in [0.3, 0.4) is 0 Å². The number of fused-ring (bicyclic) bond motifs is 1. The third-order valence-corrected chi connectivity index (χ3v) is 8.13. The van der Waals surface area contributed by atoms with Crippen LogP contribution < -0.4 is 16.2 Å². The lowest BCUT2D eigenvalue weighted by molar-refractivity contribution is -0.120. The number of nitrogens with zero attached hydrogens (tertiary/aromatic N) is 3. The topological polar surface area (TPSA) is 103 Å². The molecular weight excluding hydrogens is 507 g/mol. The van der Waals surface area contributed by atoms with Gasteiger partial charge in [0.1, 0.15) is 11.6 Å². The minimum absolute atomic E-state index is 0.0208. The lowest BCUT2D eigenvalue weighted by Gasteiger charge is -2.20. The van der Waals surface area contributed by atoms with E-state index in [0.29, 0.717) is 39.7 Å². The Morgan fingerprint density at radius 2 is 1.93 bits per heavy atom. The minimum Gasteiger partial charge on any atom is -0.339 e. The van der Waals surface area contributed by atoms with Crippen LogP contribution >= 0.6 is 0 Å². The molecule has 0 radical (unpaired) electrons. The van der Waals surface area contributed by atoms with Crippen molar-refractivity contribution in [2.24, 2.45) is 5.92 Å². The number of benzene rings is 1. The second-order valence-corrected chi connectivity index (χ2v) is 11.0. The Labute approximate surface area is 232 Å². The molecule has 1 atom stereocenters. The molecule has 1 saturated carbocycles. The molecule has 1 aliphatic carbocycles. The summed E-state index contributed by atoms with van der Waals surface area (Å²) >= 11 is 0. The van der Waals surface area contributed by atoms with Crippen LogP contribution in [-0.2, 0) is 4.79 Å². The monoisotopic (exact) mass is 540 g/mol. The molecule has 1 saturated heterocycles. The lowest BCUT2D eigenvalue weighted by atomic mass is 9.88. The van der Waals surface area contributed by atoms with Crippen LogP contribution in [0.15, 0.2) is 59.7 Å². The van der Waals surface area contributed by atoms with Gasteiger partial charge in [0.05, 0.1) is 22.3 Å². The first-order valence-electron chi connectivity index (χ1n) is 14.0. The quantitative estimate of drug-likeness (QED) is 0.285. The number of amides is 1. The number of likely N-dealkylation sites (N-methyl/N-ethyl adjacent to an activating group) is 1. The Hall–Kier alpha value is -4.11. The summed E-state index contributed by atoms with van der Waals surface area (Å²) in [5.41, 5.74) is 2.87. The van der Waals surface area contributed by atoms with Crippen molar-refractivity contribution in [2.75, 3.05) is 30.8 Å². The van der Waals surface area contributed by atoms with Crippen molar-refractivity contribution < 1.29 is 9.18 Å². The summed E-state index contributed by atoms with van der Waals surface area (Å²) in [4.78, 5) is 39.6. The second kappa shape index (κ2) is 11.2. The van der Waals surface area contributed by atoms with E-state index in [4.69, 9.17) is 0 Å². The third kappa shape index (κ3) is 5.47. The van der Waals surface area contributed by atoms with Crippen LogP contribution in [0, 0.1) is 11.7 Å². The van der Waals surface area contributed by atoms with Gasteiger partial charge in [-0.05, 0) is 80.7 Å². The van der Waals surface area contributed by atoms with E-state index in [-0.39, 0.29) is 22.9 Å². The van der Waals surface area contributed by atoms with Crippen molar-refractivity contribution in [2.45, 2.75) is 44.4 Å². The molecule has 1 unspecified atom stereocenters. The molecule has 2 aliphatic rings. The van der Waals surface area contributed by atoms with Gasteiger partial charge in [-0.1, -0.05) is 25.3 Å². The summed E-state index contributed by atoms with van der Waals surface area (Å²) in [6.45, 7) is 2.08. The van der Waals surface area contributed by atoms with Crippen LogP contribution in [0.1, 0.15) is 50.0 Å². The van der Waals surface area contributed by atoms with Gasteiger partial charge in [-0.15, -0.1) is 0 Å². The van der Waals surface area contributed by atoms with Gasteiger partial charge >= 0.3 is 0 Å². The SMILES string of the molecule is CN1CCC(c2ccc(Nc3cc(-c4ccc(NC(=O)C5CCCCC5)cc4F)nc4cc[nH]c(=O)c34)nc2)C1. The van der Waals surface area contributed by atoms with E-state index in [1.165, 1.54) is 17.8 Å². The Balaban J connectivity index is 1.28. The van der Waals surface area contributed by atoms with Gasteiger partial charge in [-0.2, -0.15) is 0 Å². The Morgan fingerprint density at radius 3 is 2.65 bits per heavy atom. The number of hydrogen-bond acceptors (Lipinski definition) is 6. The van der Waals surface area contributed by atoms with Crippen molar-refractivity contribution in [1.29, 1.82) is 0 Å². The highest BCUT2D eigenvalue weighted by Gasteiger charge is 2.23. The predicted molar refractivity (Wildman–Crippen MR) is 155 cm³/mol. The number of anilines is 3. The number of halogens is 1. The van der Waals surface area contributed by atoms with Gasteiger partial charge in [0.2, 0.25) is 5.91 Å². The summed E-state index contributed by atoms with van der Waals surface area (Å²) in [7, 11) is 2.12. The molecule has 4 heterocycles. The smallest absolute Gasteiger partial charge is 0.259 e. The fourth-order valence-corrected chi connectivity index (χ4v) is 5.90. The number of rotatable bonds is 6. The molecule has 3 N–H and O–H groups in total. The number of likely N-dealkylation sites (tertiary alicyclic amines) is 1. The van der Waals surface area contributed by atoms with E-state index in [1.54, 1.807) is 24.3 Å². The Morgan fingerprint density at radius 1 is 1.07 bits per heavy atom. The van der Waals surface area contributed by atoms with Crippen LogP contribution in [0.4, 0.5) is 21.6 Å². The maximum absolute atomic E-state index is 15.4. The molecule has 40 heavy (non-hydrogen) atoms. The zero-order chi connectivity index (χ0) is 27.6. The highest BCUT2D eigenvalue weighted by Crippen LogP contribution is 2.32. The van der Waals surface area contributed by atoms with Crippen molar-refractivity contribution in [3.05, 3.63) is 76.6 Å². The predicted octanol–water partition coefficient (Wildman–Crippen LogP) is 5.81. The number of H-pyrrole nitrogens is 1. The fraction of sp³-hybridized carbons (Fsp3) is 0.355. The number of hydrogen-bond donors (Lipinski definition) is 3. The molecule has 206 valence electrons.